The van der Waals surface area contributed by atoms with Gasteiger partial charge in [0.25, 0.3) is 0 Å². The molecule has 1 N–H and O–H groups in total. The summed E-state index contributed by atoms with van der Waals surface area (Å²) in [4.78, 5) is 2.59. The first-order valence-electron chi connectivity index (χ1n) is 10.7. The van der Waals surface area contributed by atoms with E-state index in [4.69, 9.17) is 4.74 Å². The van der Waals surface area contributed by atoms with Gasteiger partial charge in [-0.3, -0.25) is 0 Å². The van der Waals surface area contributed by atoms with Gasteiger partial charge in [-0.15, -0.1) is 0 Å². The van der Waals surface area contributed by atoms with Crippen LogP contribution >= 0.6 is 0 Å². The molecular weight excluding hydrogens is 344 g/mol. The Morgan fingerprint density at radius 1 is 0.964 bits per heavy atom. The number of piperidine rings is 1. The molecule has 1 aliphatic heterocycles. The maximum atomic E-state index is 5.21. The average Bonchev–Trinajstić information content (AvgIpc) is 2.94. The number of allylic oxidation sites excluding steroid dienone is 3. The maximum Gasteiger partial charge on any atom is 0.118 e. The number of methoxy groups -OCH3 is 1. The molecule has 3 rings (SSSR count). The van der Waals surface area contributed by atoms with Crippen LogP contribution in [-0.2, 0) is 6.54 Å². The third kappa shape index (κ3) is 7.93. The number of likely N-dealkylation sites (tertiary alicyclic amines) is 1. The second kappa shape index (κ2) is 12.5. The Balaban J connectivity index is 0.000000640. The second-order valence-corrected chi connectivity index (χ2v) is 8.19. The smallest absolute Gasteiger partial charge is 0.118 e. The molecule has 154 valence electrons. The van der Waals surface area contributed by atoms with Crippen LogP contribution in [-0.4, -0.2) is 31.6 Å². The molecule has 28 heavy (non-hydrogen) atoms. The van der Waals surface area contributed by atoms with Crippen LogP contribution in [0.3, 0.4) is 0 Å². The van der Waals surface area contributed by atoms with Gasteiger partial charge in [-0.25, -0.2) is 0 Å². The van der Waals surface area contributed by atoms with Crippen molar-refractivity contribution in [3.63, 3.8) is 0 Å². The summed E-state index contributed by atoms with van der Waals surface area (Å²) in [6.07, 6.45) is 14.0. The van der Waals surface area contributed by atoms with Gasteiger partial charge in [0.1, 0.15) is 5.75 Å². The lowest BCUT2D eigenvalue weighted by Crippen LogP contribution is -2.31. The predicted molar refractivity (Wildman–Crippen MR) is 121 cm³/mol. The standard InChI is InChI=1S/C21H28N2O.C4H10/c1-24-20-12-10-18(11-13-20)16-22-17-19-8-4-2-5-9-21(19)23-14-6-3-7-15-23;1-4(2)3/h2,4-5,8,10-13,22H,3,6-7,9,14-17H2,1H3;4H,1-3H3. The van der Waals surface area contributed by atoms with Gasteiger partial charge >= 0.3 is 0 Å². The molecule has 2 aliphatic rings. The van der Waals surface area contributed by atoms with Crippen molar-refractivity contribution in [2.75, 3.05) is 26.7 Å². The summed E-state index contributed by atoms with van der Waals surface area (Å²) in [5.41, 5.74) is 4.21. The largest absolute Gasteiger partial charge is 0.497 e. The van der Waals surface area contributed by atoms with Gasteiger partial charge in [0.15, 0.2) is 0 Å². The van der Waals surface area contributed by atoms with Gasteiger partial charge in [-0.05, 0) is 48.4 Å². The summed E-state index contributed by atoms with van der Waals surface area (Å²) in [6.45, 7) is 10.7. The topological polar surface area (TPSA) is 24.5 Å². The lowest BCUT2D eigenvalue weighted by Gasteiger charge is -2.32. The zero-order valence-corrected chi connectivity index (χ0v) is 18.2. The molecule has 1 saturated heterocycles. The Morgan fingerprint density at radius 3 is 2.29 bits per heavy atom. The van der Waals surface area contributed by atoms with Crippen LogP contribution in [0.4, 0.5) is 0 Å². The Labute approximate surface area is 172 Å². The number of nitrogens with one attached hydrogen (secondary N) is 1. The van der Waals surface area contributed by atoms with E-state index in [-0.39, 0.29) is 0 Å². The molecule has 0 spiro atoms. The number of nitrogens with zero attached hydrogens (tertiary/aromatic N) is 1. The van der Waals surface area contributed by atoms with Crippen LogP contribution in [0.15, 0.2) is 59.8 Å². The average molecular weight is 383 g/mol. The highest BCUT2D eigenvalue weighted by Gasteiger charge is 2.16. The highest BCUT2D eigenvalue weighted by atomic mass is 16.5. The SMILES string of the molecule is CC(C)C.COc1ccc(CNCC2=C(N3CCCCC3)CC=CC=C2)cc1. The number of rotatable bonds is 6. The van der Waals surface area contributed by atoms with Crippen LogP contribution in [0, 0.1) is 5.92 Å². The quantitative estimate of drug-likeness (QED) is 0.683. The van der Waals surface area contributed by atoms with Crippen molar-refractivity contribution >= 4 is 0 Å². The summed E-state index contributed by atoms with van der Waals surface area (Å²) in [7, 11) is 1.70. The first-order chi connectivity index (χ1) is 13.6. The fraction of sp³-hybridized carbons (Fsp3) is 0.520. The number of ether oxygens (including phenoxy) is 1. The number of hydrogen-bond acceptors (Lipinski definition) is 3. The zero-order chi connectivity index (χ0) is 20.2. The molecule has 3 nitrogen and oxygen atoms in total. The van der Waals surface area contributed by atoms with Crippen molar-refractivity contribution in [1.82, 2.24) is 10.2 Å². The fourth-order valence-corrected chi connectivity index (χ4v) is 3.40. The lowest BCUT2D eigenvalue weighted by atomic mass is 10.1. The van der Waals surface area contributed by atoms with Crippen molar-refractivity contribution < 1.29 is 4.74 Å². The van der Waals surface area contributed by atoms with Crippen LogP contribution in [0.25, 0.3) is 0 Å². The van der Waals surface area contributed by atoms with Crippen molar-refractivity contribution in [2.24, 2.45) is 5.92 Å². The van der Waals surface area contributed by atoms with Crippen LogP contribution in [0.5, 0.6) is 5.75 Å². The van der Waals surface area contributed by atoms with Gasteiger partial charge in [-0.1, -0.05) is 57.2 Å². The molecule has 1 aliphatic carbocycles. The van der Waals surface area contributed by atoms with Crippen molar-refractivity contribution in [3.8, 4) is 5.75 Å². The minimum Gasteiger partial charge on any atom is -0.497 e. The molecule has 1 heterocycles. The molecule has 1 fully saturated rings. The second-order valence-electron chi connectivity index (χ2n) is 8.19. The summed E-state index contributed by atoms with van der Waals surface area (Å²) in [5.74, 6) is 1.74. The third-order valence-corrected chi connectivity index (χ3v) is 4.77. The summed E-state index contributed by atoms with van der Waals surface area (Å²) in [6, 6.07) is 8.28. The number of hydrogen-bond donors (Lipinski definition) is 1. The first kappa shape index (κ1) is 22.3. The van der Waals surface area contributed by atoms with Gasteiger partial charge in [-0.2, -0.15) is 0 Å². The zero-order valence-electron chi connectivity index (χ0n) is 18.2. The molecule has 3 heteroatoms. The van der Waals surface area contributed by atoms with Gasteiger partial charge in [0, 0.05) is 38.3 Å². The van der Waals surface area contributed by atoms with Gasteiger partial charge in [0.05, 0.1) is 7.11 Å². The Kier molecular flexibility index (Phi) is 9.92. The highest BCUT2D eigenvalue weighted by molar-refractivity contribution is 5.33. The molecule has 0 bridgehead atoms. The Morgan fingerprint density at radius 2 is 1.64 bits per heavy atom. The van der Waals surface area contributed by atoms with Crippen LogP contribution in [0.1, 0.15) is 52.0 Å². The van der Waals surface area contributed by atoms with E-state index in [0.29, 0.717) is 0 Å². The summed E-state index contributed by atoms with van der Waals surface area (Å²) in [5, 5.41) is 3.60. The van der Waals surface area contributed by atoms with Gasteiger partial charge < -0.3 is 15.0 Å². The minimum absolute atomic E-state index is 0.833. The van der Waals surface area contributed by atoms with E-state index in [2.05, 4.69) is 67.4 Å². The Hall–Kier alpha value is -2.00. The predicted octanol–water partition coefficient (Wildman–Crippen LogP) is 5.70. The van der Waals surface area contributed by atoms with E-state index in [0.717, 1.165) is 31.2 Å². The van der Waals surface area contributed by atoms with E-state index >= 15 is 0 Å². The molecule has 0 saturated carbocycles. The highest BCUT2D eigenvalue weighted by Crippen LogP contribution is 2.23. The monoisotopic (exact) mass is 382 g/mol. The van der Waals surface area contributed by atoms with E-state index in [9.17, 15) is 0 Å². The first-order valence-corrected chi connectivity index (χ1v) is 10.7. The van der Waals surface area contributed by atoms with E-state index in [1.807, 2.05) is 12.1 Å². The van der Waals surface area contributed by atoms with Crippen LogP contribution < -0.4 is 10.1 Å². The maximum absolute atomic E-state index is 5.21. The van der Waals surface area contributed by atoms with Crippen molar-refractivity contribution in [2.45, 2.75) is 53.0 Å². The van der Waals surface area contributed by atoms with E-state index < -0.39 is 0 Å². The lowest BCUT2D eigenvalue weighted by molar-refractivity contribution is 0.278. The van der Waals surface area contributed by atoms with E-state index in [1.54, 1.807) is 7.11 Å². The normalized spacial score (nSPS) is 16.7. The minimum atomic E-state index is 0.833. The summed E-state index contributed by atoms with van der Waals surface area (Å²) >= 11 is 0. The molecule has 0 radical (unpaired) electrons. The fourth-order valence-electron chi connectivity index (χ4n) is 3.40. The molecule has 0 aromatic heterocycles. The Bertz CT molecular complexity index is 647. The molecule has 0 amide bonds. The van der Waals surface area contributed by atoms with Crippen molar-refractivity contribution in [3.05, 3.63) is 65.4 Å². The molecular formula is C25H38N2O. The number of benzene rings is 1. The van der Waals surface area contributed by atoms with E-state index in [1.165, 1.54) is 49.2 Å². The molecule has 1 aromatic carbocycles. The van der Waals surface area contributed by atoms with Gasteiger partial charge in [0.2, 0.25) is 0 Å². The molecule has 0 unspecified atom stereocenters. The van der Waals surface area contributed by atoms with Crippen molar-refractivity contribution in [1.29, 1.82) is 0 Å². The molecule has 0 atom stereocenters. The van der Waals surface area contributed by atoms with Crippen LogP contribution in [0.2, 0.25) is 0 Å². The molecule has 1 aromatic rings. The third-order valence-electron chi connectivity index (χ3n) is 4.77. The summed E-state index contributed by atoms with van der Waals surface area (Å²) < 4.78 is 5.21.